The zero-order chi connectivity index (χ0) is 22.0. The van der Waals surface area contributed by atoms with E-state index in [-0.39, 0.29) is 11.8 Å². The van der Waals surface area contributed by atoms with E-state index in [4.69, 9.17) is 0 Å². The first-order valence-electron chi connectivity index (χ1n) is 9.61. The average molecular weight is 433 g/mol. The van der Waals surface area contributed by atoms with Crippen LogP contribution < -0.4 is 10.3 Å². The summed E-state index contributed by atoms with van der Waals surface area (Å²) in [5, 5.41) is 19.1. The van der Waals surface area contributed by atoms with Crippen molar-refractivity contribution in [3.8, 4) is 11.3 Å². The molecule has 1 N–H and O–H groups in total. The Hall–Kier alpha value is -3.72. The quantitative estimate of drug-likeness (QED) is 0.577. The smallest absolute Gasteiger partial charge is 0.282 e. The van der Waals surface area contributed by atoms with Crippen molar-refractivity contribution < 1.29 is 9.59 Å². The number of rotatable bonds is 5. The molecule has 2 amide bonds. The van der Waals surface area contributed by atoms with Crippen LogP contribution in [0.4, 0.5) is 16.5 Å². The van der Waals surface area contributed by atoms with Crippen LogP contribution in [0.2, 0.25) is 0 Å². The highest BCUT2D eigenvalue weighted by Gasteiger charge is 2.36. The van der Waals surface area contributed by atoms with Gasteiger partial charge >= 0.3 is 0 Å². The number of aromatic nitrogens is 1. The highest BCUT2D eigenvalue weighted by Crippen LogP contribution is 2.31. The van der Waals surface area contributed by atoms with E-state index in [1.165, 1.54) is 28.8 Å². The van der Waals surface area contributed by atoms with Crippen LogP contribution in [0.15, 0.2) is 69.2 Å². The van der Waals surface area contributed by atoms with Gasteiger partial charge in [0.05, 0.1) is 17.1 Å². The molecule has 9 heteroatoms. The van der Waals surface area contributed by atoms with Gasteiger partial charge in [0, 0.05) is 23.6 Å². The number of anilines is 2. The SMILES string of the molecule is CC(=O)Nc1ccc(N=N[C@H]2C(=O)N(c3nc(-c4ccc(C)cc4)cs3)N=C2C)cc1. The molecule has 0 fully saturated rings. The Bertz CT molecular complexity index is 1180. The van der Waals surface area contributed by atoms with Crippen LogP contribution in [0, 0.1) is 6.92 Å². The van der Waals surface area contributed by atoms with Crippen molar-refractivity contribution >= 4 is 45.4 Å². The molecule has 4 rings (SSSR count). The van der Waals surface area contributed by atoms with E-state index in [9.17, 15) is 9.59 Å². The van der Waals surface area contributed by atoms with Crippen LogP contribution in [0.3, 0.4) is 0 Å². The van der Waals surface area contributed by atoms with Gasteiger partial charge in [-0.2, -0.15) is 20.3 Å². The van der Waals surface area contributed by atoms with Crippen LogP contribution in [0.25, 0.3) is 11.3 Å². The number of amides is 2. The molecule has 156 valence electrons. The molecule has 31 heavy (non-hydrogen) atoms. The highest BCUT2D eigenvalue weighted by molar-refractivity contribution is 7.14. The van der Waals surface area contributed by atoms with E-state index in [1.807, 2.05) is 36.6 Å². The summed E-state index contributed by atoms with van der Waals surface area (Å²) in [6.45, 7) is 5.22. The number of hydrazone groups is 1. The maximum Gasteiger partial charge on any atom is 0.282 e. The van der Waals surface area contributed by atoms with Gasteiger partial charge in [-0.05, 0) is 38.1 Å². The fraction of sp³-hybridized carbons (Fsp3) is 0.182. The van der Waals surface area contributed by atoms with Crippen molar-refractivity contribution in [3.63, 3.8) is 0 Å². The molecule has 0 bridgehead atoms. The minimum Gasteiger partial charge on any atom is -0.326 e. The van der Waals surface area contributed by atoms with Gasteiger partial charge in [-0.25, -0.2) is 4.98 Å². The number of thiazole rings is 1. The summed E-state index contributed by atoms with van der Waals surface area (Å²) in [4.78, 5) is 28.6. The van der Waals surface area contributed by atoms with Gasteiger partial charge < -0.3 is 5.32 Å². The molecule has 0 saturated heterocycles. The number of nitrogens with zero attached hydrogens (tertiary/aromatic N) is 5. The van der Waals surface area contributed by atoms with Crippen molar-refractivity contribution in [1.82, 2.24) is 4.98 Å². The maximum atomic E-state index is 12.9. The lowest BCUT2D eigenvalue weighted by atomic mass is 10.1. The second-order valence-electron chi connectivity index (χ2n) is 7.12. The first kappa shape index (κ1) is 20.5. The zero-order valence-corrected chi connectivity index (χ0v) is 18.1. The zero-order valence-electron chi connectivity index (χ0n) is 17.2. The summed E-state index contributed by atoms with van der Waals surface area (Å²) in [5.74, 6) is -0.438. The molecular formula is C22H20N6O2S. The molecule has 2 heterocycles. The Balaban J connectivity index is 1.48. The van der Waals surface area contributed by atoms with E-state index in [0.29, 0.717) is 22.2 Å². The first-order chi connectivity index (χ1) is 14.9. The van der Waals surface area contributed by atoms with Crippen LogP contribution in [-0.2, 0) is 9.59 Å². The lowest BCUT2D eigenvalue weighted by Crippen LogP contribution is -2.29. The Morgan fingerprint density at radius 1 is 1.10 bits per heavy atom. The van der Waals surface area contributed by atoms with Crippen LogP contribution >= 0.6 is 11.3 Å². The minimum atomic E-state index is -0.790. The number of hydrogen-bond acceptors (Lipinski definition) is 7. The predicted molar refractivity (Wildman–Crippen MR) is 122 cm³/mol. The predicted octanol–water partition coefficient (Wildman–Crippen LogP) is 4.95. The average Bonchev–Trinajstić information content (AvgIpc) is 3.33. The molecule has 1 atom stereocenters. The number of benzene rings is 2. The summed E-state index contributed by atoms with van der Waals surface area (Å²) in [5.41, 5.74) is 4.75. The lowest BCUT2D eigenvalue weighted by Gasteiger charge is -2.08. The molecule has 1 aliphatic heterocycles. The standard InChI is InChI=1S/C22H20N6O2S/c1-13-4-6-16(7-5-13)19-12-31-22(24-19)28-21(30)20(14(2)27-28)26-25-18-10-8-17(9-11-18)23-15(3)29/h4-12,20H,1-3H3,(H,23,29)/t20-/m1/s1. The van der Waals surface area contributed by atoms with E-state index in [2.05, 4.69) is 25.6 Å². The summed E-state index contributed by atoms with van der Waals surface area (Å²) in [6.07, 6.45) is 0. The van der Waals surface area contributed by atoms with Gasteiger partial charge in [0.2, 0.25) is 11.0 Å². The summed E-state index contributed by atoms with van der Waals surface area (Å²) >= 11 is 1.35. The monoisotopic (exact) mass is 432 g/mol. The molecule has 1 aromatic heterocycles. The first-order valence-corrected chi connectivity index (χ1v) is 10.5. The minimum absolute atomic E-state index is 0.148. The molecule has 0 unspecified atom stereocenters. The number of nitrogens with one attached hydrogen (secondary N) is 1. The van der Waals surface area contributed by atoms with E-state index in [0.717, 1.165) is 11.3 Å². The third-order valence-electron chi connectivity index (χ3n) is 4.59. The lowest BCUT2D eigenvalue weighted by molar-refractivity contribution is -0.118. The van der Waals surface area contributed by atoms with Gasteiger partial charge in [-0.15, -0.1) is 11.3 Å². The Morgan fingerprint density at radius 2 is 1.81 bits per heavy atom. The van der Waals surface area contributed by atoms with Gasteiger partial charge in [-0.1, -0.05) is 29.8 Å². The summed E-state index contributed by atoms with van der Waals surface area (Å²) in [7, 11) is 0. The van der Waals surface area contributed by atoms with Crippen LogP contribution in [-0.4, -0.2) is 28.6 Å². The second-order valence-corrected chi connectivity index (χ2v) is 7.96. The van der Waals surface area contributed by atoms with Gasteiger partial charge in [0.15, 0.2) is 6.04 Å². The van der Waals surface area contributed by atoms with Crippen molar-refractivity contribution in [1.29, 1.82) is 0 Å². The van der Waals surface area contributed by atoms with Gasteiger partial charge in [0.25, 0.3) is 5.91 Å². The number of hydrogen-bond donors (Lipinski definition) is 1. The molecule has 0 radical (unpaired) electrons. The second kappa shape index (κ2) is 8.57. The maximum absolute atomic E-state index is 12.9. The van der Waals surface area contributed by atoms with Gasteiger partial charge in [0.1, 0.15) is 0 Å². The van der Waals surface area contributed by atoms with Crippen LogP contribution in [0.1, 0.15) is 19.4 Å². The van der Waals surface area contributed by atoms with Gasteiger partial charge in [-0.3, -0.25) is 9.59 Å². The Labute approximate surface area is 183 Å². The third-order valence-corrected chi connectivity index (χ3v) is 5.41. The fourth-order valence-corrected chi connectivity index (χ4v) is 3.77. The highest BCUT2D eigenvalue weighted by atomic mass is 32.1. The van der Waals surface area contributed by atoms with Crippen molar-refractivity contribution in [2.24, 2.45) is 15.3 Å². The van der Waals surface area contributed by atoms with Crippen LogP contribution in [0.5, 0.6) is 0 Å². The fourth-order valence-electron chi connectivity index (χ4n) is 2.98. The molecule has 3 aromatic rings. The summed E-state index contributed by atoms with van der Waals surface area (Å²) in [6, 6.07) is 14.1. The molecule has 1 aliphatic rings. The molecule has 8 nitrogen and oxygen atoms in total. The number of azo groups is 1. The van der Waals surface area contributed by atoms with Crippen molar-refractivity contribution in [2.75, 3.05) is 10.3 Å². The normalized spacial score (nSPS) is 16.1. The van der Waals surface area contributed by atoms with E-state index in [1.54, 1.807) is 31.2 Å². The molecule has 0 saturated carbocycles. The van der Waals surface area contributed by atoms with E-state index >= 15 is 0 Å². The molecule has 0 spiro atoms. The third kappa shape index (κ3) is 4.56. The van der Waals surface area contributed by atoms with Crippen molar-refractivity contribution in [3.05, 3.63) is 59.5 Å². The Morgan fingerprint density at radius 3 is 2.48 bits per heavy atom. The number of aryl methyl sites for hydroxylation is 1. The largest absolute Gasteiger partial charge is 0.326 e. The molecule has 0 aliphatic carbocycles. The van der Waals surface area contributed by atoms with Crippen molar-refractivity contribution in [2.45, 2.75) is 26.8 Å². The number of carbonyl (C=O) groups is 2. The molecular weight excluding hydrogens is 412 g/mol. The van der Waals surface area contributed by atoms with E-state index < -0.39 is 6.04 Å². The topological polar surface area (TPSA) is 99.4 Å². The summed E-state index contributed by atoms with van der Waals surface area (Å²) < 4.78 is 0. The Kier molecular flexibility index (Phi) is 5.68. The number of carbonyl (C=O) groups excluding carboxylic acids is 2. The molecule has 2 aromatic carbocycles.